The quantitative estimate of drug-likeness (QED) is 0.651. The molecule has 3 rings (SSSR count). The Hall–Kier alpha value is -3.32. The van der Waals surface area contributed by atoms with E-state index in [0.717, 1.165) is 10.6 Å². The third-order valence-electron chi connectivity index (χ3n) is 3.89. The number of pyridine rings is 1. The highest BCUT2D eigenvalue weighted by Crippen LogP contribution is 2.28. The van der Waals surface area contributed by atoms with E-state index in [2.05, 4.69) is 15.8 Å². The fraction of sp³-hybridized carbons (Fsp3) is 0.0952. The number of aromatic nitrogens is 1. The summed E-state index contributed by atoms with van der Waals surface area (Å²) in [6, 6.07) is 20.2. The van der Waals surface area contributed by atoms with E-state index in [1.165, 1.54) is 11.8 Å². The third kappa shape index (κ3) is 4.89. The lowest BCUT2D eigenvalue weighted by atomic mass is 10.2. The average molecular weight is 392 g/mol. The zero-order valence-electron chi connectivity index (χ0n) is 15.5. The van der Waals surface area contributed by atoms with Gasteiger partial charge in [0.05, 0.1) is 5.56 Å². The molecule has 6 nitrogen and oxygen atoms in total. The first-order valence-corrected chi connectivity index (χ1v) is 9.42. The van der Waals surface area contributed by atoms with Crippen LogP contribution in [0.5, 0.6) is 0 Å². The van der Waals surface area contributed by atoms with Gasteiger partial charge in [0, 0.05) is 36.4 Å². The molecule has 0 aliphatic heterocycles. The Morgan fingerprint density at radius 2 is 1.64 bits per heavy atom. The zero-order valence-corrected chi connectivity index (χ0v) is 16.4. The van der Waals surface area contributed by atoms with Crippen molar-refractivity contribution in [3.63, 3.8) is 0 Å². The van der Waals surface area contributed by atoms with Gasteiger partial charge in [0.2, 0.25) is 0 Å². The molecule has 0 aliphatic carbocycles. The second-order valence-electron chi connectivity index (χ2n) is 6.12. The van der Waals surface area contributed by atoms with Crippen LogP contribution in [0.3, 0.4) is 0 Å². The van der Waals surface area contributed by atoms with E-state index in [1.807, 2.05) is 55.4 Å². The summed E-state index contributed by atoms with van der Waals surface area (Å²) in [7, 11) is 3.79. The van der Waals surface area contributed by atoms with E-state index >= 15 is 0 Å². The first kappa shape index (κ1) is 19.4. The standard InChI is InChI=1S/C21H20N4O2S/c1-25(2)16-9-6-8-15(14-16)19(26)23-24-20(27)18-12-7-13-22-21(18)28-17-10-4-3-5-11-17/h3-14H,1-2H3,(H,23,26)(H,24,27). The second-order valence-corrected chi connectivity index (χ2v) is 7.19. The van der Waals surface area contributed by atoms with Gasteiger partial charge >= 0.3 is 0 Å². The van der Waals surface area contributed by atoms with Crippen LogP contribution >= 0.6 is 11.8 Å². The van der Waals surface area contributed by atoms with Gasteiger partial charge in [-0.15, -0.1) is 0 Å². The highest BCUT2D eigenvalue weighted by atomic mass is 32.2. The van der Waals surface area contributed by atoms with Gasteiger partial charge in [0.25, 0.3) is 11.8 Å². The molecule has 0 saturated carbocycles. The van der Waals surface area contributed by atoms with Crippen molar-refractivity contribution in [2.75, 3.05) is 19.0 Å². The molecule has 0 saturated heterocycles. The fourth-order valence-corrected chi connectivity index (χ4v) is 3.32. The van der Waals surface area contributed by atoms with E-state index in [0.29, 0.717) is 16.2 Å². The molecule has 0 atom stereocenters. The first-order chi connectivity index (χ1) is 13.5. The van der Waals surface area contributed by atoms with E-state index in [4.69, 9.17) is 0 Å². The smallest absolute Gasteiger partial charge is 0.272 e. The first-order valence-electron chi connectivity index (χ1n) is 8.60. The molecule has 7 heteroatoms. The van der Waals surface area contributed by atoms with E-state index in [1.54, 1.807) is 36.5 Å². The number of nitrogens with zero attached hydrogens (tertiary/aromatic N) is 2. The van der Waals surface area contributed by atoms with Crippen LogP contribution in [0.2, 0.25) is 0 Å². The molecule has 0 spiro atoms. The Morgan fingerprint density at radius 3 is 2.39 bits per heavy atom. The molecule has 2 aromatic carbocycles. The van der Waals surface area contributed by atoms with Gasteiger partial charge in [-0.25, -0.2) is 4.98 Å². The molecular weight excluding hydrogens is 372 g/mol. The van der Waals surface area contributed by atoms with E-state index in [9.17, 15) is 9.59 Å². The maximum Gasteiger partial charge on any atom is 0.272 e. The number of anilines is 1. The van der Waals surface area contributed by atoms with Crippen LogP contribution in [0.4, 0.5) is 5.69 Å². The van der Waals surface area contributed by atoms with E-state index in [-0.39, 0.29) is 0 Å². The maximum atomic E-state index is 12.6. The van der Waals surface area contributed by atoms with Crippen LogP contribution in [0.1, 0.15) is 20.7 Å². The van der Waals surface area contributed by atoms with Crippen molar-refractivity contribution >= 4 is 29.3 Å². The Kier molecular flexibility index (Phi) is 6.29. The Balaban J connectivity index is 1.68. The molecule has 0 bridgehead atoms. The fourth-order valence-electron chi connectivity index (χ4n) is 2.42. The monoisotopic (exact) mass is 392 g/mol. The summed E-state index contributed by atoms with van der Waals surface area (Å²) in [5, 5.41) is 0.565. The van der Waals surface area contributed by atoms with Gasteiger partial charge in [0.1, 0.15) is 5.03 Å². The van der Waals surface area contributed by atoms with Crippen LogP contribution < -0.4 is 15.8 Å². The number of hydrogen-bond donors (Lipinski definition) is 2. The van der Waals surface area contributed by atoms with Crippen molar-refractivity contribution < 1.29 is 9.59 Å². The summed E-state index contributed by atoms with van der Waals surface area (Å²) in [5.41, 5.74) is 6.67. The molecule has 0 radical (unpaired) electrons. The van der Waals surface area contributed by atoms with Crippen molar-refractivity contribution in [1.82, 2.24) is 15.8 Å². The molecule has 3 aromatic rings. The lowest BCUT2D eigenvalue weighted by Crippen LogP contribution is -2.41. The molecule has 1 heterocycles. The lowest BCUT2D eigenvalue weighted by molar-refractivity contribution is 0.0844. The molecule has 0 aliphatic rings. The lowest BCUT2D eigenvalue weighted by Gasteiger charge is -2.14. The number of amides is 2. The highest BCUT2D eigenvalue weighted by Gasteiger charge is 2.15. The average Bonchev–Trinajstić information content (AvgIpc) is 2.73. The summed E-state index contributed by atoms with van der Waals surface area (Å²) in [6.45, 7) is 0. The van der Waals surface area contributed by atoms with Gasteiger partial charge in [-0.2, -0.15) is 0 Å². The number of nitrogens with one attached hydrogen (secondary N) is 2. The van der Waals surface area contributed by atoms with Crippen molar-refractivity contribution in [3.8, 4) is 0 Å². The number of benzene rings is 2. The molecule has 2 N–H and O–H groups in total. The van der Waals surface area contributed by atoms with Crippen LogP contribution in [0.15, 0.2) is 82.8 Å². The summed E-state index contributed by atoms with van der Waals surface area (Å²) in [4.78, 5) is 32.1. The number of hydrogen-bond acceptors (Lipinski definition) is 5. The number of rotatable bonds is 5. The summed E-state index contributed by atoms with van der Waals surface area (Å²) in [5.74, 6) is -0.818. The van der Waals surface area contributed by atoms with Gasteiger partial charge in [0.15, 0.2) is 0 Å². The third-order valence-corrected chi connectivity index (χ3v) is 4.91. The van der Waals surface area contributed by atoms with Crippen LogP contribution in [-0.2, 0) is 0 Å². The normalized spacial score (nSPS) is 10.2. The van der Waals surface area contributed by atoms with Gasteiger partial charge in [-0.1, -0.05) is 36.0 Å². The maximum absolute atomic E-state index is 12.6. The predicted octanol–water partition coefficient (Wildman–Crippen LogP) is 3.37. The summed E-state index contributed by atoms with van der Waals surface area (Å²) in [6.07, 6.45) is 1.63. The number of carbonyl (C=O) groups is 2. The zero-order chi connectivity index (χ0) is 19.9. The molecule has 1 aromatic heterocycles. The highest BCUT2D eigenvalue weighted by molar-refractivity contribution is 7.99. The van der Waals surface area contributed by atoms with Crippen molar-refractivity contribution in [1.29, 1.82) is 0 Å². The van der Waals surface area contributed by atoms with Crippen molar-refractivity contribution in [2.24, 2.45) is 0 Å². The number of hydrazine groups is 1. The predicted molar refractivity (Wildman–Crippen MR) is 111 cm³/mol. The summed E-state index contributed by atoms with van der Waals surface area (Å²) < 4.78 is 0. The van der Waals surface area contributed by atoms with E-state index < -0.39 is 11.8 Å². The van der Waals surface area contributed by atoms with Crippen molar-refractivity contribution in [2.45, 2.75) is 9.92 Å². The van der Waals surface area contributed by atoms with Crippen molar-refractivity contribution in [3.05, 3.63) is 84.1 Å². The summed E-state index contributed by atoms with van der Waals surface area (Å²) >= 11 is 1.39. The molecule has 28 heavy (non-hydrogen) atoms. The minimum absolute atomic E-state index is 0.388. The Labute approximate surface area is 168 Å². The van der Waals surface area contributed by atoms with Gasteiger partial charge < -0.3 is 4.90 Å². The molecular formula is C21H20N4O2S. The Bertz CT molecular complexity index is 977. The molecule has 142 valence electrons. The SMILES string of the molecule is CN(C)c1cccc(C(=O)NNC(=O)c2cccnc2Sc2ccccc2)c1. The second kappa shape index (κ2) is 9.05. The molecule has 2 amide bonds. The minimum Gasteiger partial charge on any atom is -0.378 e. The topological polar surface area (TPSA) is 74.3 Å². The van der Waals surface area contributed by atoms with Gasteiger partial charge in [-0.05, 0) is 42.5 Å². The number of carbonyl (C=O) groups excluding carboxylic acids is 2. The molecule has 0 fully saturated rings. The van der Waals surface area contributed by atoms with Crippen LogP contribution in [0.25, 0.3) is 0 Å². The molecule has 0 unspecified atom stereocenters. The largest absolute Gasteiger partial charge is 0.378 e. The minimum atomic E-state index is -0.427. The Morgan fingerprint density at radius 1 is 0.893 bits per heavy atom. The van der Waals surface area contributed by atoms with Crippen LogP contribution in [-0.4, -0.2) is 30.9 Å². The van der Waals surface area contributed by atoms with Gasteiger partial charge in [-0.3, -0.25) is 20.4 Å². The van der Waals surface area contributed by atoms with Crippen LogP contribution in [0, 0.1) is 0 Å².